The number of carbonyl (C=O) groups excluding carboxylic acids is 1. The SMILES string of the molecule is Cc1ccc(NC(=O)C(C)CN)cc1S(=O)(=O)N1CCCCC1. The molecule has 1 aliphatic heterocycles. The number of benzene rings is 1. The van der Waals surface area contributed by atoms with Gasteiger partial charge in [-0.15, -0.1) is 0 Å². The highest BCUT2D eigenvalue weighted by Crippen LogP contribution is 2.26. The zero-order valence-electron chi connectivity index (χ0n) is 13.7. The van der Waals surface area contributed by atoms with E-state index >= 15 is 0 Å². The number of nitrogens with zero attached hydrogens (tertiary/aromatic N) is 1. The van der Waals surface area contributed by atoms with Crippen molar-refractivity contribution in [3.05, 3.63) is 23.8 Å². The highest BCUT2D eigenvalue weighted by Gasteiger charge is 2.27. The Bertz CT molecular complexity index is 667. The van der Waals surface area contributed by atoms with E-state index in [0.717, 1.165) is 19.3 Å². The lowest BCUT2D eigenvalue weighted by atomic mass is 10.1. The quantitative estimate of drug-likeness (QED) is 0.854. The van der Waals surface area contributed by atoms with Gasteiger partial charge in [0.15, 0.2) is 0 Å². The van der Waals surface area contributed by atoms with Crippen LogP contribution in [0.15, 0.2) is 23.1 Å². The van der Waals surface area contributed by atoms with Gasteiger partial charge in [0.05, 0.1) is 4.90 Å². The van der Waals surface area contributed by atoms with Crippen LogP contribution in [0.3, 0.4) is 0 Å². The monoisotopic (exact) mass is 339 g/mol. The van der Waals surface area contributed by atoms with Crippen LogP contribution in [0.2, 0.25) is 0 Å². The summed E-state index contributed by atoms with van der Waals surface area (Å²) >= 11 is 0. The molecule has 0 bridgehead atoms. The minimum absolute atomic E-state index is 0.210. The summed E-state index contributed by atoms with van der Waals surface area (Å²) in [6.45, 7) is 4.86. The summed E-state index contributed by atoms with van der Waals surface area (Å²) in [4.78, 5) is 12.2. The molecule has 7 heteroatoms. The summed E-state index contributed by atoms with van der Waals surface area (Å²) in [5.41, 5.74) is 6.65. The highest BCUT2D eigenvalue weighted by atomic mass is 32.2. The van der Waals surface area contributed by atoms with Crippen molar-refractivity contribution in [1.82, 2.24) is 4.31 Å². The van der Waals surface area contributed by atoms with Gasteiger partial charge in [0.2, 0.25) is 15.9 Å². The minimum Gasteiger partial charge on any atom is -0.330 e. The normalized spacial score (nSPS) is 17.7. The van der Waals surface area contributed by atoms with E-state index in [1.807, 2.05) is 0 Å². The molecule has 3 N–H and O–H groups in total. The Morgan fingerprint density at radius 3 is 2.57 bits per heavy atom. The smallest absolute Gasteiger partial charge is 0.243 e. The number of amides is 1. The van der Waals surface area contributed by atoms with E-state index in [1.54, 1.807) is 32.0 Å². The van der Waals surface area contributed by atoms with Gasteiger partial charge < -0.3 is 11.1 Å². The Labute approximate surface area is 138 Å². The lowest BCUT2D eigenvalue weighted by Gasteiger charge is -2.26. The summed E-state index contributed by atoms with van der Waals surface area (Å²) in [6, 6.07) is 4.98. The van der Waals surface area contributed by atoms with Crippen molar-refractivity contribution >= 4 is 21.6 Å². The standard InChI is InChI=1S/C16H25N3O3S/c1-12-6-7-14(18-16(20)13(2)11-17)10-15(12)23(21,22)19-8-4-3-5-9-19/h6-7,10,13H,3-5,8-9,11,17H2,1-2H3,(H,18,20). The van der Waals surface area contributed by atoms with Crippen molar-refractivity contribution < 1.29 is 13.2 Å². The molecule has 1 amide bonds. The lowest BCUT2D eigenvalue weighted by molar-refractivity contribution is -0.119. The summed E-state index contributed by atoms with van der Waals surface area (Å²) < 4.78 is 27.2. The van der Waals surface area contributed by atoms with Gasteiger partial charge in [0, 0.05) is 31.2 Å². The van der Waals surface area contributed by atoms with E-state index in [1.165, 1.54) is 4.31 Å². The van der Waals surface area contributed by atoms with E-state index in [9.17, 15) is 13.2 Å². The molecule has 2 rings (SSSR count). The number of anilines is 1. The van der Waals surface area contributed by atoms with Crippen LogP contribution in [0.25, 0.3) is 0 Å². The number of rotatable bonds is 5. The summed E-state index contributed by atoms with van der Waals surface area (Å²) in [7, 11) is -3.52. The number of aryl methyl sites for hydroxylation is 1. The van der Waals surface area contributed by atoms with E-state index < -0.39 is 10.0 Å². The highest BCUT2D eigenvalue weighted by molar-refractivity contribution is 7.89. The van der Waals surface area contributed by atoms with Crippen molar-refractivity contribution in [2.45, 2.75) is 38.0 Å². The van der Waals surface area contributed by atoms with Crippen molar-refractivity contribution in [1.29, 1.82) is 0 Å². The maximum Gasteiger partial charge on any atom is 0.243 e. The predicted octanol–water partition coefficient (Wildman–Crippen LogP) is 1.70. The van der Waals surface area contributed by atoms with Gasteiger partial charge in [-0.2, -0.15) is 4.31 Å². The average molecular weight is 339 g/mol. The first kappa shape index (κ1) is 17.9. The van der Waals surface area contributed by atoms with Gasteiger partial charge in [-0.3, -0.25) is 4.79 Å². The third-order valence-corrected chi connectivity index (χ3v) is 6.23. The molecule has 1 aliphatic rings. The van der Waals surface area contributed by atoms with Crippen LogP contribution < -0.4 is 11.1 Å². The number of carbonyl (C=O) groups is 1. The zero-order chi connectivity index (χ0) is 17.0. The number of nitrogens with two attached hydrogens (primary N) is 1. The molecule has 23 heavy (non-hydrogen) atoms. The van der Waals surface area contributed by atoms with E-state index in [4.69, 9.17) is 5.73 Å². The second-order valence-electron chi connectivity index (χ2n) is 6.07. The maximum atomic E-state index is 12.8. The largest absolute Gasteiger partial charge is 0.330 e. The summed E-state index contributed by atoms with van der Waals surface area (Å²) in [6.07, 6.45) is 2.85. The molecular weight excluding hydrogens is 314 g/mol. The van der Waals surface area contributed by atoms with E-state index in [0.29, 0.717) is 24.3 Å². The van der Waals surface area contributed by atoms with Crippen LogP contribution in [-0.4, -0.2) is 38.3 Å². The third kappa shape index (κ3) is 4.10. The first-order chi connectivity index (χ1) is 10.9. The third-order valence-electron chi connectivity index (χ3n) is 4.19. The average Bonchev–Trinajstić information content (AvgIpc) is 2.56. The van der Waals surface area contributed by atoms with Crippen molar-refractivity contribution in [2.24, 2.45) is 11.7 Å². The van der Waals surface area contributed by atoms with Crippen LogP contribution in [0.1, 0.15) is 31.7 Å². The van der Waals surface area contributed by atoms with Crippen LogP contribution in [0, 0.1) is 12.8 Å². The number of piperidine rings is 1. The Balaban J connectivity index is 2.28. The van der Waals surface area contributed by atoms with Gasteiger partial charge in [0.25, 0.3) is 0 Å². The second-order valence-corrected chi connectivity index (χ2v) is 7.98. The molecule has 1 atom stereocenters. The summed E-state index contributed by atoms with van der Waals surface area (Å²) in [5, 5.41) is 2.73. The van der Waals surface area contributed by atoms with Crippen molar-refractivity contribution in [3.63, 3.8) is 0 Å². The molecule has 6 nitrogen and oxygen atoms in total. The van der Waals surface area contributed by atoms with Gasteiger partial charge in [-0.25, -0.2) is 8.42 Å². The fraction of sp³-hybridized carbons (Fsp3) is 0.562. The van der Waals surface area contributed by atoms with Crippen molar-refractivity contribution in [3.8, 4) is 0 Å². The number of hydrogen-bond donors (Lipinski definition) is 2. The predicted molar refractivity (Wildman–Crippen MR) is 90.6 cm³/mol. The molecular formula is C16H25N3O3S. The molecule has 0 aliphatic carbocycles. The lowest BCUT2D eigenvalue weighted by Crippen LogP contribution is -2.36. The van der Waals surface area contributed by atoms with Crippen molar-refractivity contribution in [2.75, 3.05) is 25.0 Å². The van der Waals surface area contributed by atoms with E-state index in [2.05, 4.69) is 5.32 Å². The molecule has 1 aromatic rings. The van der Waals surface area contributed by atoms with Gasteiger partial charge >= 0.3 is 0 Å². The van der Waals surface area contributed by atoms with Gasteiger partial charge in [-0.05, 0) is 37.5 Å². The fourth-order valence-electron chi connectivity index (χ4n) is 2.57. The Morgan fingerprint density at radius 2 is 1.96 bits per heavy atom. The second kappa shape index (κ2) is 7.42. The molecule has 1 heterocycles. The first-order valence-corrected chi connectivity index (χ1v) is 9.42. The van der Waals surface area contributed by atoms with E-state index in [-0.39, 0.29) is 23.3 Å². The van der Waals surface area contributed by atoms with Gasteiger partial charge in [0.1, 0.15) is 0 Å². The first-order valence-electron chi connectivity index (χ1n) is 7.98. The molecule has 0 spiro atoms. The van der Waals surface area contributed by atoms with Crippen LogP contribution in [0.4, 0.5) is 5.69 Å². The number of sulfonamides is 1. The molecule has 128 valence electrons. The Kier molecular flexibility index (Phi) is 5.78. The molecule has 0 radical (unpaired) electrons. The number of hydrogen-bond acceptors (Lipinski definition) is 4. The van der Waals surface area contributed by atoms with Crippen LogP contribution in [0.5, 0.6) is 0 Å². The molecule has 1 unspecified atom stereocenters. The topological polar surface area (TPSA) is 92.5 Å². The molecule has 0 aromatic heterocycles. The fourth-order valence-corrected chi connectivity index (χ4v) is 4.34. The maximum absolute atomic E-state index is 12.8. The van der Waals surface area contributed by atoms with Crippen LogP contribution in [-0.2, 0) is 14.8 Å². The molecule has 1 aromatic carbocycles. The van der Waals surface area contributed by atoms with Crippen LogP contribution >= 0.6 is 0 Å². The number of nitrogens with one attached hydrogen (secondary N) is 1. The Hall–Kier alpha value is -1.44. The zero-order valence-corrected chi connectivity index (χ0v) is 14.5. The molecule has 1 fully saturated rings. The molecule has 1 saturated heterocycles. The summed E-state index contributed by atoms with van der Waals surface area (Å²) in [5.74, 6) is -0.531. The molecule has 0 saturated carbocycles. The minimum atomic E-state index is -3.52. The Morgan fingerprint density at radius 1 is 1.30 bits per heavy atom. The van der Waals surface area contributed by atoms with Gasteiger partial charge in [-0.1, -0.05) is 19.4 Å².